The standard InChI is InChI=1S/C17H23IO4/c1-5-16(4)9-6-11-15(2,3)8-7-12(18)17(11,22-10-19)13(16)14(20)21/h5,7,10-11,13H,1,6,8-9H2,2-4H3,(H,20,21)/t11?,13-,16?,17-/m0/s1. The molecule has 2 aliphatic carbocycles. The summed E-state index contributed by atoms with van der Waals surface area (Å²) in [5, 5.41) is 9.95. The van der Waals surface area contributed by atoms with Crippen LogP contribution in [-0.2, 0) is 14.3 Å². The number of hydrogen-bond acceptors (Lipinski definition) is 3. The molecular weight excluding hydrogens is 395 g/mol. The van der Waals surface area contributed by atoms with Crippen LogP contribution in [0.25, 0.3) is 0 Å². The first-order chi connectivity index (χ1) is 10.2. The van der Waals surface area contributed by atoms with Crippen LogP contribution < -0.4 is 0 Å². The molecular formula is C17H23IO4. The van der Waals surface area contributed by atoms with Gasteiger partial charge in [-0.25, -0.2) is 0 Å². The molecule has 0 radical (unpaired) electrons. The predicted octanol–water partition coefficient (Wildman–Crippen LogP) is 3.95. The van der Waals surface area contributed by atoms with Gasteiger partial charge in [-0.3, -0.25) is 9.59 Å². The molecule has 0 aromatic rings. The zero-order chi connectivity index (χ0) is 16.8. The van der Waals surface area contributed by atoms with Crippen molar-refractivity contribution in [1.29, 1.82) is 0 Å². The predicted molar refractivity (Wildman–Crippen MR) is 92.5 cm³/mol. The number of fused-ring (bicyclic) bond motifs is 1. The van der Waals surface area contributed by atoms with Crippen LogP contribution in [0.3, 0.4) is 0 Å². The molecule has 0 saturated heterocycles. The van der Waals surface area contributed by atoms with Crippen molar-refractivity contribution in [3.05, 3.63) is 22.3 Å². The van der Waals surface area contributed by atoms with Crippen molar-refractivity contribution in [2.45, 2.75) is 45.6 Å². The Morgan fingerprint density at radius 1 is 1.50 bits per heavy atom. The van der Waals surface area contributed by atoms with Crippen molar-refractivity contribution in [1.82, 2.24) is 0 Å². The van der Waals surface area contributed by atoms with E-state index in [4.69, 9.17) is 4.74 Å². The molecule has 1 saturated carbocycles. The number of carboxylic acid groups (broad SMARTS) is 1. The molecule has 4 atom stereocenters. The van der Waals surface area contributed by atoms with E-state index in [1.54, 1.807) is 6.08 Å². The van der Waals surface area contributed by atoms with Crippen molar-refractivity contribution in [3.63, 3.8) is 0 Å². The van der Waals surface area contributed by atoms with E-state index in [1.807, 2.05) is 13.0 Å². The summed E-state index contributed by atoms with van der Waals surface area (Å²) in [6, 6.07) is 0. The summed E-state index contributed by atoms with van der Waals surface area (Å²) in [6.07, 6.45) is 6.13. The molecule has 0 heterocycles. The lowest BCUT2D eigenvalue weighted by Crippen LogP contribution is -2.63. The second-order valence-corrected chi connectivity index (χ2v) is 8.49. The molecule has 122 valence electrons. The summed E-state index contributed by atoms with van der Waals surface area (Å²) in [5.74, 6) is -1.78. The summed E-state index contributed by atoms with van der Waals surface area (Å²) in [4.78, 5) is 23.4. The fourth-order valence-corrected chi connectivity index (χ4v) is 5.44. The molecule has 1 N–H and O–H groups in total. The lowest BCUT2D eigenvalue weighted by atomic mass is 9.49. The first kappa shape index (κ1) is 17.5. The van der Waals surface area contributed by atoms with Crippen LogP contribution in [0.4, 0.5) is 0 Å². The molecule has 0 bridgehead atoms. The van der Waals surface area contributed by atoms with E-state index in [-0.39, 0.29) is 11.3 Å². The molecule has 0 amide bonds. The van der Waals surface area contributed by atoms with Gasteiger partial charge in [-0.05, 0) is 47.3 Å². The SMILES string of the molecule is C=CC1(C)CCC2C(C)(C)CC=C(I)[C@]2(OC=O)[C@H]1C(=O)O. The Kier molecular flexibility index (Phi) is 4.50. The maximum absolute atomic E-state index is 12.1. The minimum Gasteiger partial charge on any atom is -0.481 e. The van der Waals surface area contributed by atoms with Gasteiger partial charge in [-0.15, -0.1) is 6.58 Å². The largest absolute Gasteiger partial charge is 0.481 e. The minimum atomic E-state index is -1.10. The number of rotatable bonds is 4. The molecule has 0 aliphatic heterocycles. The number of carbonyl (C=O) groups excluding carboxylic acids is 1. The maximum atomic E-state index is 12.1. The minimum absolute atomic E-state index is 0.0174. The summed E-state index contributed by atoms with van der Waals surface area (Å²) in [7, 11) is 0. The third kappa shape index (κ3) is 2.32. The Balaban J connectivity index is 2.73. The lowest BCUT2D eigenvalue weighted by Gasteiger charge is -2.59. The van der Waals surface area contributed by atoms with Crippen molar-refractivity contribution >= 4 is 35.0 Å². The number of halogens is 1. The van der Waals surface area contributed by atoms with Gasteiger partial charge in [0.15, 0.2) is 5.60 Å². The summed E-state index contributed by atoms with van der Waals surface area (Å²) < 4.78 is 6.43. The average Bonchev–Trinajstić information content (AvgIpc) is 2.43. The normalized spacial score (nSPS) is 40.1. The van der Waals surface area contributed by atoms with Gasteiger partial charge in [0.25, 0.3) is 6.47 Å². The number of allylic oxidation sites excluding steroid dienone is 2. The lowest BCUT2D eigenvalue weighted by molar-refractivity contribution is -0.192. The molecule has 4 nitrogen and oxygen atoms in total. The second-order valence-electron chi connectivity index (χ2n) is 7.32. The molecule has 2 rings (SSSR count). The molecule has 2 aliphatic rings. The molecule has 1 fully saturated rings. The van der Waals surface area contributed by atoms with Crippen LogP contribution in [0.2, 0.25) is 0 Å². The van der Waals surface area contributed by atoms with Crippen LogP contribution >= 0.6 is 22.6 Å². The third-order valence-electron chi connectivity index (χ3n) is 5.66. The van der Waals surface area contributed by atoms with Crippen LogP contribution in [0.15, 0.2) is 22.3 Å². The summed E-state index contributed by atoms with van der Waals surface area (Å²) >= 11 is 2.15. The van der Waals surface area contributed by atoms with Gasteiger partial charge in [0.2, 0.25) is 0 Å². The topological polar surface area (TPSA) is 63.6 Å². The summed E-state index contributed by atoms with van der Waals surface area (Å²) in [6.45, 7) is 10.4. The highest BCUT2D eigenvalue weighted by Crippen LogP contribution is 2.62. The van der Waals surface area contributed by atoms with E-state index in [9.17, 15) is 14.7 Å². The highest BCUT2D eigenvalue weighted by atomic mass is 127. The fraction of sp³-hybridized carbons (Fsp3) is 0.647. The molecule has 0 aromatic carbocycles. The number of ether oxygens (including phenoxy) is 1. The number of carbonyl (C=O) groups is 2. The van der Waals surface area contributed by atoms with Gasteiger partial charge in [0.1, 0.15) is 5.92 Å². The van der Waals surface area contributed by atoms with Crippen molar-refractivity contribution in [2.75, 3.05) is 0 Å². The Morgan fingerprint density at radius 2 is 2.14 bits per heavy atom. The van der Waals surface area contributed by atoms with Crippen molar-refractivity contribution < 1.29 is 19.4 Å². The van der Waals surface area contributed by atoms with Gasteiger partial charge < -0.3 is 9.84 Å². The smallest absolute Gasteiger partial charge is 0.311 e. The fourth-order valence-electron chi connectivity index (χ4n) is 4.41. The van der Waals surface area contributed by atoms with Crippen LogP contribution in [0, 0.1) is 22.7 Å². The van der Waals surface area contributed by atoms with Gasteiger partial charge in [0.05, 0.1) is 0 Å². The number of hydrogen-bond donors (Lipinski definition) is 1. The van der Waals surface area contributed by atoms with Gasteiger partial charge in [-0.1, -0.05) is 32.9 Å². The highest BCUT2D eigenvalue weighted by molar-refractivity contribution is 14.1. The Bertz CT molecular complexity index is 539. The van der Waals surface area contributed by atoms with E-state index in [0.717, 1.165) is 22.8 Å². The van der Waals surface area contributed by atoms with Crippen LogP contribution in [-0.4, -0.2) is 23.1 Å². The van der Waals surface area contributed by atoms with E-state index in [1.165, 1.54) is 0 Å². The Morgan fingerprint density at radius 3 is 2.64 bits per heavy atom. The molecule has 0 aromatic heterocycles. The zero-order valence-corrected chi connectivity index (χ0v) is 15.4. The second kappa shape index (κ2) is 5.65. The summed E-state index contributed by atoms with van der Waals surface area (Å²) in [5.41, 5.74) is -1.83. The molecule has 2 unspecified atom stereocenters. The van der Waals surface area contributed by atoms with Crippen LogP contribution in [0.5, 0.6) is 0 Å². The van der Waals surface area contributed by atoms with Gasteiger partial charge >= 0.3 is 5.97 Å². The molecule has 0 spiro atoms. The third-order valence-corrected chi connectivity index (χ3v) is 6.94. The van der Waals surface area contributed by atoms with E-state index < -0.39 is 22.9 Å². The van der Waals surface area contributed by atoms with E-state index in [2.05, 4.69) is 43.0 Å². The highest BCUT2D eigenvalue weighted by Gasteiger charge is 2.66. The molecule has 22 heavy (non-hydrogen) atoms. The van der Waals surface area contributed by atoms with Crippen LogP contribution in [0.1, 0.15) is 40.0 Å². The number of carboxylic acids is 1. The van der Waals surface area contributed by atoms with Gasteiger partial charge in [0, 0.05) is 14.9 Å². The zero-order valence-electron chi connectivity index (χ0n) is 13.3. The quantitative estimate of drug-likeness (QED) is 0.427. The first-order valence-electron chi connectivity index (χ1n) is 7.49. The Labute approximate surface area is 145 Å². The molecule has 5 heteroatoms. The number of aliphatic carboxylic acids is 1. The van der Waals surface area contributed by atoms with E-state index >= 15 is 0 Å². The van der Waals surface area contributed by atoms with Crippen molar-refractivity contribution in [3.8, 4) is 0 Å². The maximum Gasteiger partial charge on any atom is 0.311 e. The van der Waals surface area contributed by atoms with Crippen molar-refractivity contribution in [2.24, 2.45) is 22.7 Å². The monoisotopic (exact) mass is 418 g/mol. The Hall–Kier alpha value is -0.850. The van der Waals surface area contributed by atoms with E-state index in [0.29, 0.717) is 6.47 Å². The average molecular weight is 418 g/mol. The van der Waals surface area contributed by atoms with Gasteiger partial charge in [-0.2, -0.15) is 0 Å². The first-order valence-corrected chi connectivity index (χ1v) is 8.57.